The molecule has 2 saturated heterocycles. The third kappa shape index (κ3) is 3.20. The van der Waals surface area contributed by atoms with Gasteiger partial charge in [-0.25, -0.2) is 0 Å². The van der Waals surface area contributed by atoms with Crippen molar-refractivity contribution >= 4 is 11.7 Å². The van der Waals surface area contributed by atoms with E-state index in [2.05, 4.69) is 37.5 Å². The van der Waals surface area contributed by atoms with Crippen LogP contribution in [-0.4, -0.2) is 77.2 Å². The molecule has 2 heterocycles. The largest absolute Gasteiger partial charge is 0.330 e. The Morgan fingerprint density at radius 2 is 1.50 bits per heavy atom. The Morgan fingerprint density at radius 1 is 0.900 bits per heavy atom. The second-order valence-corrected chi connectivity index (χ2v) is 6.49. The monoisotopic (exact) mass is 281 g/mol. The lowest BCUT2D eigenvalue weighted by atomic mass is 9.99. The van der Waals surface area contributed by atoms with E-state index in [9.17, 15) is 9.59 Å². The summed E-state index contributed by atoms with van der Waals surface area (Å²) >= 11 is 0. The van der Waals surface area contributed by atoms with Gasteiger partial charge in [0.2, 0.25) is 5.91 Å². The zero-order valence-corrected chi connectivity index (χ0v) is 13.1. The molecule has 0 aliphatic carbocycles. The summed E-state index contributed by atoms with van der Waals surface area (Å²) in [7, 11) is 0. The zero-order valence-electron chi connectivity index (χ0n) is 13.1. The minimum Gasteiger partial charge on any atom is -0.330 e. The number of hydrogen-bond donors (Lipinski definition) is 0. The lowest BCUT2D eigenvalue weighted by Gasteiger charge is -2.43. The van der Waals surface area contributed by atoms with Crippen LogP contribution in [0.4, 0.5) is 0 Å². The molecule has 0 aromatic carbocycles. The quantitative estimate of drug-likeness (QED) is 0.759. The normalized spacial score (nSPS) is 26.9. The first kappa shape index (κ1) is 15.4. The fourth-order valence-electron chi connectivity index (χ4n) is 3.08. The van der Waals surface area contributed by atoms with E-state index in [1.54, 1.807) is 0 Å². The molecule has 2 fully saturated rings. The molecule has 5 heteroatoms. The summed E-state index contributed by atoms with van der Waals surface area (Å²) in [6.45, 7) is 11.8. The molecule has 0 aromatic rings. The smallest absolute Gasteiger partial charge is 0.237 e. The molecule has 0 spiro atoms. The molecule has 0 bridgehead atoms. The highest BCUT2D eigenvalue weighted by atomic mass is 16.2. The standard InChI is InChI=1S/C15H27N3O2/c1-11(2)16-6-5-13(14(19)9-16)18-8-7-17(12(3)4)10-15(18)20/h11-13H,5-10H2,1-4H3. The third-order valence-corrected chi connectivity index (χ3v) is 4.54. The van der Waals surface area contributed by atoms with Crippen molar-refractivity contribution in [3.63, 3.8) is 0 Å². The second-order valence-electron chi connectivity index (χ2n) is 6.49. The first-order chi connectivity index (χ1) is 9.40. The fourth-order valence-corrected chi connectivity index (χ4v) is 3.08. The molecule has 1 unspecified atom stereocenters. The van der Waals surface area contributed by atoms with Gasteiger partial charge in [0.25, 0.3) is 0 Å². The number of carbonyl (C=O) groups is 2. The summed E-state index contributed by atoms with van der Waals surface area (Å²) in [6, 6.07) is 0.597. The number of likely N-dealkylation sites (tertiary alicyclic amines) is 1. The van der Waals surface area contributed by atoms with Gasteiger partial charge >= 0.3 is 0 Å². The highest BCUT2D eigenvalue weighted by molar-refractivity contribution is 5.91. The Balaban J connectivity index is 1.96. The van der Waals surface area contributed by atoms with Crippen LogP contribution in [0.25, 0.3) is 0 Å². The summed E-state index contributed by atoms with van der Waals surface area (Å²) < 4.78 is 0. The van der Waals surface area contributed by atoms with Crippen LogP contribution in [0.1, 0.15) is 34.1 Å². The summed E-state index contributed by atoms with van der Waals surface area (Å²) in [5, 5.41) is 0. The average molecular weight is 281 g/mol. The topological polar surface area (TPSA) is 43.9 Å². The Labute approximate surface area is 121 Å². The van der Waals surface area contributed by atoms with Crippen LogP contribution < -0.4 is 0 Å². The highest BCUT2D eigenvalue weighted by Gasteiger charge is 2.37. The molecular formula is C15H27N3O2. The Bertz CT molecular complexity index is 345. The van der Waals surface area contributed by atoms with Gasteiger partial charge in [0, 0.05) is 31.7 Å². The molecule has 2 aliphatic heterocycles. The van der Waals surface area contributed by atoms with E-state index in [1.165, 1.54) is 0 Å². The van der Waals surface area contributed by atoms with Crippen LogP contribution in [0.2, 0.25) is 0 Å². The number of piperidine rings is 1. The first-order valence-electron chi connectivity index (χ1n) is 7.70. The lowest BCUT2D eigenvalue weighted by molar-refractivity contribution is -0.147. The van der Waals surface area contributed by atoms with E-state index in [0.29, 0.717) is 31.7 Å². The van der Waals surface area contributed by atoms with E-state index < -0.39 is 0 Å². The van der Waals surface area contributed by atoms with E-state index in [0.717, 1.165) is 19.5 Å². The van der Waals surface area contributed by atoms with Gasteiger partial charge in [0.05, 0.1) is 19.1 Å². The van der Waals surface area contributed by atoms with Crippen molar-refractivity contribution in [1.82, 2.24) is 14.7 Å². The van der Waals surface area contributed by atoms with Crippen molar-refractivity contribution in [2.24, 2.45) is 0 Å². The maximum atomic E-state index is 12.3. The van der Waals surface area contributed by atoms with Gasteiger partial charge in [-0.1, -0.05) is 0 Å². The van der Waals surface area contributed by atoms with Crippen molar-refractivity contribution < 1.29 is 9.59 Å². The molecule has 5 nitrogen and oxygen atoms in total. The van der Waals surface area contributed by atoms with Crippen LogP contribution in [-0.2, 0) is 9.59 Å². The maximum Gasteiger partial charge on any atom is 0.237 e. The Hall–Kier alpha value is -0.940. The van der Waals surface area contributed by atoms with Crippen LogP contribution >= 0.6 is 0 Å². The number of hydrogen-bond acceptors (Lipinski definition) is 4. The molecule has 1 amide bonds. The molecule has 20 heavy (non-hydrogen) atoms. The number of carbonyl (C=O) groups excluding carboxylic acids is 2. The van der Waals surface area contributed by atoms with Crippen LogP contribution in [0.5, 0.6) is 0 Å². The summed E-state index contributed by atoms with van der Waals surface area (Å²) in [5.41, 5.74) is 0. The van der Waals surface area contributed by atoms with Gasteiger partial charge in [-0.05, 0) is 34.1 Å². The van der Waals surface area contributed by atoms with Gasteiger partial charge in [-0.3, -0.25) is 19.4 Å². The van der Waals surface area contributed by atoms with Crippen molar-refractivity contribution in [3.05, 3.63) is 0 Å². The molecule has 2 rings (SSSR count). The summed E-state index contributed by atoms with van der Waals surface area (Å²) in [4.78, 5) is 30.8. The molecule has 1 atom stereocenters. The van der Waals surface area contributed by atoms with Gasteiger partial charge in [0.15, 0.2) is 5.78 Å². The van der Waals surface area contributed by atoms with Gasteiger partial charge in [-0.2, -0.15) is 0 Å². The van der Waals surface area contributed by atoms with Crippen molar-refractivity contribution in [2.75, 3.05) is 32.7 Å². The minimum atomic E-state index is -0.188. The summed E-state index contributed by atoms with van der Waals surface area (Å²) in [5.74, 6) is 0.317. The second kappa shape index (κ2) is 6.22. The van der Waals surface area contributed by atoms with Crippen LogP contribution in [0, 0.1) is 0 Å². The average Bonchev–Trinajstić information content (AvgIpc) is 2.38. The number of piperazine rings is 1. The van der Waals surface area contributed by atoms with E-state index in [-0.39, 0.29) is 17.7 Å². The molecule has 0 saturated carbocycles. The predicted octanol–water partition coefficient (Wildman–Crippen LogP) is 0.591. The van der Waals surface area contributed by atoms with Gasteiger partial charge in [-0.15, -0.1) is 0 Å². The fraction of sp³-hybridized carbons (Fsp3) is 0.867. The van der Waals surface area contributed by atoms with Crippen LogP contribution in [0.3, 0.4) is 0 Å². The Kier molecular flexibility index (Phi) is 4.81. The lowest BCUT2D eigenvalue weighted by Crippen LogP contribution is -2.60. The molecule has 114 valence electrons. The van der Waals surface area contributed by atoms with E-state index in [1.807, 2.05) is 4.90 Å². The highest BCUT2D eigenvalue weighted by Crippen LogP contribution is 2.18. The zero-order chi connectivity index (χ0) is 14.9. The first-order valence-corrected chi connectivity index (χ1v) is 7.70. The number of amides is 1. The minimum absolute atomic E-state index is 0.112. The molecule has 0 aromatic heterocycles. The molecular weight excluding hydrogens is 254 g/mol. The van der Waals surface area contributed by atoms with E-state index in [4.69, 9.17) is 0 Å². The molecule has 0 N–H and O–H groups in total. The molecule has 0 radical (unpaired) electrons. The maximum absolute atomic E-state index is 12.3. The van der Waals surface area contributed by atoms with Crippen molar-refractivity contribution in [2.45, 2.75) is 52.2 Å². The third-order valence-electron chi connectivity index (χ3n) is 4.54. The SMILES string of the molecule is CC(C)N1CCC(N2CCN(C(C)C)CC2=O)C(=O)C1. The van der Waals surface area contributed by atoms with Crippen LogP contribution in [0.15, 0.2) is 0 Å². The number of Topliss-reactive ketones (excluding diaryl/α,β-unsaturated/α-hetero) is 1. The summed E-state index contributed by atoms with van der Waals surface area (Å²) in [6.07, 6.45) is 0.782. The Morgan fingerprint density at radius 3 is 2.00 bits per heavy atom. The predicted molar refractivity (Wildman–Crippen MR) is 78.5 cm³/mol. The van der Waals surface area contributed by atoms with E-state index >= 15 is 0 Å². The van der Waals surface area contributed by atoms with Crippen molar-refractivity contribution in [3.8, 4) is 0 Å². The number of ketones is 1. The van der Waals surface area contributed by atoms with Gasteiger partial charge in [0.1, 0.15) is 0 Å². The number of rotatable bonds is 3. The number of nitrogens with zero attached hydrogens (tertiary/aromatic N) is 3. The van der Waals surface area contributed by atoms with Gasteiger partial charge < -0.3 is 4.90 Å². The van der Waals surface area contributed by atoms with Crippen molar-refractivity contribution in [1.29, 1.82) is 0 Å². The molecule has 2 aliphatic rings.